The predicted molar refractivity (Wildman–Crippen MR) is 118 cm³/mol. The second kappa shape index (κ2) is 8.78. The van der Waals surface area contributed by atoms with Gasteiger partial charge in [-0.05, 0) is 47.9 Å². The number of hydrogen-bond donors (Lipinski definition) is 1. The van der Waals surface area contributed by atoms with Crippen LogP contribution in [0.3, 0.4) is 0 Å². The summed E-state index contributed by atoms with van der Waals surface area (Å²) in [5, 5.41) is 2.02. The molecular weight excluding hydrogens is 431 g/mol. The topological polar surface area (TPSA) is 68.2 Å². The van der Waals surface area contributed by atoms with Crippen LogP contribution in [0.15, 0.2) is 42.6 Å². The van der Waals surface area contributed by atoms with E-state index in [1.807, 2.05) is 36.9 Å². The van der Waals surface area contributed by atoms with Crippen LogP contribution in [0.2, 0.25) is 10.0 Å². The lowest BCUT2D eigenvalue weighted by molar-refractivity contribution is 0.0981. The van der Waals surface area contributed by atoms with Crippen molar-refractivity contribution < 1.29 is 13.2 Å². The van der Waals surface area contributed by atoms with Crippen molar-refractivity contribution in [3.63, 3.8) is 0 Å². The zero-order chi connectivity index (χ0) is 21.2. The first-order valence-corrected chi connectivity index (χ1v) is 11.7. The highest BCUT2D eigenvalue weighted by atomic mass is 35.5. The van der Waals surface area contributed by atoms with Crippen LogP contribution in [-0.4, -0.2) is 24.6 Å². The van der Waals surface area contributed by atoms with E-state index in [1.165, 1.54) is 0 Å². The lowest BCUT2D eigenvalue weighted by Gasteiger charge is -2.08. The van der Waals surface area contributed by atoms with Crippen LogP contribution >= 0.6 is 23.2 Å². The maximum Gasteiger partial charge on any atom is 0.264 e. The summed E-state index contributed by atoms with van der Waals surface area (Å²) in [6.45, 7) is 1.90. The maximum atomic E-state index is 12.5. The van der Waals surface area contributed by atoms with Crippen molar-refractivity contribution in [1.29, 1.82) is 0 Å². The summed E-state index contributed by atoms with van der Waals surface area (Å²) >= 11 is 12.3. The van der Waals surface area contributed by atoms with Gasteiger partial charge in [-0.2, -0.15) is 0 Å². The maximum absolute atomic E-state index is 12.5. The van der Waals surface area contributed by atoms with Crippen molar-refractivity contribution in [2.75, 3.05) is 5.75 Å². The van der Waals surface area contributed by atoms with E-state index in [2.05, 4.69) is 4.72 Å². The fourth-order valence-corrected chi connectivity index (χ4v) is 4.86. The van der Waals surface area contributed by atoms with Crippen LogP contribution in [-0.2, 0) is 23.5 Å². The number of hydrogen-bond acceptors (Lipinski definition) is 3. The van der Waals surface area contributed by atoms with Gasteiger partial charge < -0.3 is 4.57 Å². The van der Waals surface area contributed by atoms with Gasteiger partial charge in [-0.1, -0.05) is 42.6 Å². The van der Waals surface area contributed by atoms with Crippen LogP contribution in [0.4, 0.5) is 0 Å². The number of carbonyl (C=O) groups is 1. The van der Waals surface area contributed by atoms with Gasteiger partial charge >= 0.3 is 0 Å². The highest BCUT2D eigenvalue weighted by Crippen LogP contribution is 2.28. The average molecular weight is 453 g/mol. The van der Waals surface area contributed by atoms with Crippen LogP contribution in [0, 0.1) is 0 Å². The monoisotopic (exact) mass is 452 g/mol. The van der Waals surface area contributed by atoms with Crippen molar-refractivity contribution in [2.24, 2.45) is 7.05 Å². The van der Waals surface area contributed by atoms with E-state index in [9.17, 15) is 13.2 Å². The number of nitrogens with one attached hydrogen (secondary N) is 1. The second-order valence-corrected chi connectivity index (χ2v) is 9.70. The number of aromatic nitrogens is 1. The summed E-state index contributed by atoms with van der Waals surface area (Å²) in [7, 11) is -1.72. The van der Waals surface area contributed by atoms with Gasteiger partial charge in [-0.3, -0.25) is 4.79 Å². The molecule has 1 N–H and O–H groups in total. The van der Waals surface area contributed by atoms with Gasteiger partial charge in [-0.15, -0.1) is 0 Å². The predicted octanol–water partition coefficient (Wildman–Crippen LogP) is 4.94. The SMILES string of the molecule is CCCCS(=O)(=O)NC(=O)c1ccc2c(c1)c(Cc1ccc(Cl)cc1Cl)cn2C. The molecule has 3 aromatic rings. The molecule has 3 rings (SSSR count). The molecule has 0 saturated heterocycles. The molecule has 0 aliphatic carbocycles. The third-order valence-electron chi connectivity index (χ3n) is 4.75. The van der Waals surface area contributed by atoms with Crippen molar-refractivity contribution in [1.82, 2.24) is 9.29 Å². The Labute approximate surface area is 180 Å². The van der Waals surface area contributed by atoms with Gasteiger partial charge in [0.25, 0.3) is 5.91 Å². The number of fused-ring (bicyclic) bond motifs is 1. The number of unbranched alkanes of at least 4 members (excludes halogenated alkanes) is 1. The lowest BCUT2D eigenvalue weighted by Crippen LogP contribution is -2.32. The first-order chi connectivity index (χ1) is 13.7. The number of amides is 1. The number of sulfonamides is 1. The molecule has 154 valence electrons. The summed E-state index contributed by atoms with van der Waals surface area (Å²) in [6.07, 6.45) is 3.79. The highest BCUT2D eigenvalue weighted by molar-refractivity contribution is 7.90. The Hall–Kier alpha value is -2.02. The Morgan fingerprint density at radius 3 is 2.55 bits per heavy atom. The molecule has 0 aliphatic heterocycles. The molecule has 5 nitrogen and oxygen atoms in total. The number of nitrogens with zero attached hydrogens (tertiary/aromatic N) is 1. The minimum atomic E-state index is -3.64. The van der Waals surface area contributed by atoms with Gasteiger partial charge in [-0.25, -0.2) is 13.1 Å². The summed E-state index contributed by atoms with van der Waals surface area (Å²) < 4.78 is 28.2. The molecule has 0 radical (unpaired) electrons. The van der Waals surface area contributed by atoms with Gasteiger partial charge in [0.05, 0.1) is 5.75 Å². The Kier molecular flexibility index (Phi) is 6.56. The zero-order valence-corrected chi connectivity index (χ0v) is 18.5. The van der Waals surface area contributed by atoms with Gasteiger partial charge in [0.15, 0.2) is 0 Å². The van der Waals surface area contributed by atoms with Crippen molar-refractivity contribution in [3.8, 4) is 0 Å². The van der Waals surface area contributed by atoms with E-state index in [0.717, 1.165) is 28.5 Å². The van der Waals surface area contributed by atoms with Gasteiger partial charge in [0, 0.05) is 46.2 Å². The van der Waals surface area contributed by atoms with Crippen LogP contribution in [0.5, 0.6) is 0 Å². The molecule has 1 amide bonds. The Morgan fingerprint density at radius 1 is 1.10 bits per heavy atom. The van der Waals surface area contributed by atoms with E-state index in [0.29, 0.717) is 28.5 Å². The Bertz CT molecular complexity index is 1170. The summed E-state index contributed by atoms with van der Waals surface area (Å²) in [6, 6.07) is 10.5. The zero-order valence-electron chi connectivity index (χ0n) is 16.2. The quantitative estimate of drug-likeness (QED) is 0.551. The van der Waals surface area contributed by atoms with Crippen molar-refractivity contribution >= 4 is 50.0 Å². The van der Waals surface area contributed by atoms with Crippen LogP contribution < -0.4 is 4.72 Å². The number of aryl methyl sites for hydroxylation is 1. The molecule has 0 aliphatic rings. The first-order valence-electron chi connectivity index (χ1n) is 9.27. The second-order valence-electron chi connectivity index (χ2n) is 7.01. The molecule has 0 unspecified atom stereocenters. The molecular formula is C21H22Cl2N2O3S. The standard InChI is InChI=1S/C21H22Cl2N2O3S/c1-3-4-9-29(27,28)24-21(26)15-6-8-20-18(11-15)16(13-25(20)2)10-14-5-7-17(22)12-19(14)23/h5-8,11-13H,3-4,9-10H2,1-2H3,(H,24,26). The third-order valence-corrected chi connectivity index (χ3v) is 6.65. The first kappa shape index (κ1) is 21.7. The number of halogens is 2. The minimum Gasteiger partial charge on any atom is -0.350 e. The molecule has 8 heteroatoms. The van der Waals surface area contributed by atoms with E-state index in [-0.39, 0.29) is 5.75 Å². The smallest absolute Gasteiger partial charge is 0.264 e. The fourth-order valence-electron chi connectivity index (χ4n) is 3.21. The van der Waals surface area contributed by atoms with Gasteiger partial charge in [0.1, 0.15) is 0 Å². The molecule has 0 bridgehead atoms. The Balaban J connectivity index is 1.92. The average Bonchev–Trinajstić information content (AvgIpc) is 2.97. The largest absolute Gasteiger partial charge is 0.350 e. The van der Waals surface area contributed by atoms with Gasteiger partial charge in [0.2, 0.25) is 10.0 Å². The lowest BCUT2D eigenvalue weighted by atomic mass is 10.0. The summed E-state index contributed by atoms with van der Waals surface area (Å²) in [5.74, 6) is -0.689. The van der Waals surface area contributed by atoms with Crippen LogP contribution in [0.25, 0.3) is 10.9 Å². The summed E-state index contributed by atoms with van der Waals surface area (Å²) in [5.41, 5.74) is 3.14. The minimum absolute atomic E-state index is 0.0663. The molecule has 1 aromatic heterocycles. The van der Waals surface area contributed by atoms with E-state index in [1.54, 1.807) is 24.3 Å². The number of rotatable bonds is 7. The van der Waals surface area contributed by atoms with Crippen molar-refractivity contribution in [2.45, 2.75) is 26.2 Å². The molecule has 0 fully saturated rings. The summed E-state index contributed by atoms with van der Waals surface area (Å²) in [4.78, 5) is 12.5. The van der Waals surface area contributed by atoms with Crippen molar-refractivity contribution in [3.05, 3.63) is 69.3 Å². The third kappa shape index (κ3) is 5.13. The molecule has 0 saturated carbocycles. The highest BCUT2D eigenvalue weighted by Gasteiger charge is 2.17. The normalized spacial score (nSPS) is 11.7. The van der Waals surface area contributed by atoms with E-state index >= 15 is 0 Å². The Morgan fingerprint density at radius 2 is 1.86 bits per heavy atom. The van der Waals surface area contributed by atoms with Crippen LogP contribution in [0.1, 0.15) is 41.3 Å². The molecule has 2 aromatic carbocycles. The molecule has 29 heavy (non-hydrogen) atoms. The molecule has 0 spiro atoms. The molecule has 1 heterocycles. The van der Waals surface area contributed by atoms with E-state index < -0.39 is 15.9 Å². The number of benzene rings is 2. The van der Waals surface area contributed by atoms with E-state index in [4.69, 9.17) is 23.2 Å². The number of carbonyl (C=O) groups excluding carboxylic acids is 1. The molecule has 0 atom stereocenters. The fraction of sp³-hybridized carbons (Fsp3) is 0.286.